The zero-order valence-corrected chi connectivity index (χ0v) is 10.5. The minimum absolute atomic E-state index is 0.501. The third-order valence-electron chi connectivity index (χ3n) is 3.37. The standard InChI is InChI=1S/C13H20N2O/c1-14(2)12-7-8-15(3)13-6-5-10(16-4)9-11(12)13/h5-6,9,12H,7-8H2,1-4H3. The van der Waals surface area contributed by atoms with Crippen LogP contribution in [0.2, 0.25) is 0 Å². The Labute approximate surface area is 97.6 Å². The van der Waals surface area contributed by atoms with E-state index in [1.165, 1.54) is 17.7 Å². The first kappa shape index (κ1) is 11.3. The molecule has 1 unspecified atom stereocenters. The SMILES string of the molecule is COc1ccc2c(c1)C(N(C)C)CCN2C. The van der Waals surface area contributed by atoms with E-state index in [9.17, 15) is 0 Å². The molecule has 1 atom stereocenters. The lowest BCUT2D eigenvalue weighted by Crippen LogP contribution is -2.33. The first-order valence-corrected chi connectivity index (χ1v) is 5.69. The third kappa shape index (κ3) is 1.87. The molecule has 1 aliphatic heterocycles. The maximum absolute atomic E-state index is 5.31. The summed E-state index contributed by atoms with van der Waals surface area (Å²) in [6.45, 7) is 1.11. The van der Waals surface area contributed by atoms with Crippen LogP contribution >= 0.6 is 0 Å². The first-order valence-electron chi connectivity index (χ1n) is 5.69. The van der Waals surface area contributed by atoms with Gasteiger partial charge in [0.2, 0.25) is 0 Å². The van der Waals surface area contributed by atoms with Gasteiger partial charge in [-0.2, -0.15) is 0 Å². The summed E-state index contributed by atoms with van der Waals surface area (Å²) in [7, 11) is 8.15. The van der Waals surface area contributed by atoms with E-state index in [2.05, 4.69) is 43.1 Å². The summed E-state index contributed by atoms with van der Waals surface area (Å²) in [5, 5.41) is 0. The number of nitrogens with zero attached hydrogens (tertiary/aromatic N) is 2. The van der Waals surface area contributed by atoms with E-state index in [4.69, 9.17) is 4.74 Å². The fraction of sp³-hybridized carbons (Fsp3) is 0.538. The monoisotopic (exact) mass is 220 g/mol. The molecule has 0 N–H and O–H groups in total. The van der Waals surface area contributed by atoms with Crippen LogP contribution in [0.3, 0.4) is 0 Å². The summed E-state index contributed by atoms with van der Waals surface area (Å²) < 4.78 is 5.31. The molecule has 2 rings (SSSR count). The predicted molar refractivity (Wildman–Crippen MR) is 67.3 cm³/mol. The summed E-state index contributed by atoms with van der Waals surface area (Å²) in [4.78, 5) is 4.60. The Morgan fingerprint density at radius 1 is 1.38 bits per heavy atom. The van der Waals surface area contributed by atoms with E-state index in [0.29, 0.717) is 6.04 Å². The van der Waals surface area contributed by atoms with Crippen molar-refractivity contribution >= 4 is 5.69 Å². The molecule has 1 aromatic carbocycles. The van der Waals surface area contributed by atoms with Crippen molar-refractivity contribution in [3.05, 3.63) is 23.8 Å². The second-order valence-electron chi connectivity index (χ2n) is 4.61. The molecular formula is C13H20N2O. The molecule has 0 aliphatic carbocycles. The molecule has 16 heavy (non-hydrogen) atoms. The number of hydrogen-bond acceptors (Lipinski definition) is 3. The Morgan fingerprint density at radius 2 is 2.12 bits per heavy atom. The van der Waals surface area contributed by atoms with Crippen molar-refractivity contribution in [2.75, 3.05) is 39.7 Å². The number of methoxy groups -OCH3 is 1. The van der Waals surface area contributed by atoms with Gasteiger partial charge in [0.25, 0.3) is 0 Å². The van der Waals surface area contributed by atoms with Gasteiger partial charge in [-0.25, -0.2) is 0 Å². The Hall–Kier alpha value is -1.22. The molecule has 88 valence electrons. The van der Waals surface area contributed by atoms with Gasteiger partial charge in [0.15, 0.2) is 0 Å². The minimum atomic E-state index is 0.501. The lowest BCUT2D eigenvalue weighted by atomic mass is 9.95. The zero-order valence-electron chi connectivity index (χ0n) is 10.5. The van der Waals surface area contributed by atoms with Gasteiger partial charge in [0.1, 0.15) is 5.75 Å². The quantitative estimate of drug-likeness (QED) is 0.759. The molecule has 0 aromatic heterocycles. The lowest BCUT2D eigenvalue weighted by molar-refractivity contribution is 0.278. The highest BCUT2D eigenvalue weighted by molar-refractivity contribution is 5.58. The van der Waals surface area contributed by atoms with Gasteiger partial charge < -0.3 is 14.5 Å². The second kappa shape index (κ2) is 4.34. The average molecular weight is 220 g/mol. The molecule has 3 nitrogen and oxygen atoms in total. The van der Waals surface area contributed by atoms with Gasteiger partial charge in [0.05, 0.1) is 7.11 Å². The second-order valence-corrected chi connectivity index (χ2v) is 4.61. The summed E-state index contributed by atoms with van der Waals surface area (Å²) in [5.74, 6) is 0.945. The molecule has 0 amide bonds. The molecule has 0 bridgehead atoms. The van der Waals surface area contributed by atoms with Crippen molar-refractivity contribution in [3.63, 3.8) is 0 Å². The van der Waals surface area contributed by atoms with E-state index in [1.807, 2.05) is 6.07 Å². The van der Waals surface area contributed by atoms with Crippen LogP contribution in [0.15, 0.2) is 18.2 Å². The van der Waals surface area contributed by atoms with E-state index < -0.39 is 0 Å². The molecule has 0 fully saturated rings. The van der Waals surface area contributed by atoms with Crippen molar-refractivity contribution < 1.29 is 4.74 Å². The van der Waals surface area contributed by atoms with Gasteiger partial charge in [0, 0.05) is 25.3 Å². The molecule has 1 aromatic rings. The Balaban J connectivity index is 2.45. The topological polar surface area (TPSA) is 15.7 Å². The van der Waals surface area contributed by atoms with Crippen LogP contribution < -0.4 is 9.64 Å². The van der Waals surface area contributed by atoms with E-state index in [0.717, 1.165) is 12.3 Å². The molecular weight excluding hydrogens is 200 g/mol. The van der Waals surface area contributed by atoms with Crippen LogP contribution in [-0.4, -0.2) is 39.7 Å². The van der Waals surface area contributed by atoms with Gasteiger partial charge in [-0.05, 0) is 44.3 Å². The van der Waals surface area contributed by atoms with Crippen molar-refractivity contribution in [2.24, 2.45) is 0 Å². The third-order valence-corrected chi connectivity index (χ3v) is 3.37. The van der Waals surface area contributed by atoms with Crippen molar-refractivity contribution in [3.8, 4) is 5.75 Å². The molecule has 0 saturated carbocycles. The van der Waals surface area contributed by atoms with Crippen LogP contribution in [-0.2, 0) is 0 Å². The fourth-order valence-electron chi connectivity index (χ4n) is 2.40. The van der Waals surface area contributed by atoms with E-state index in [1.54, 1.807) is 7.11 Å². The molecule has 0 spiro atoms. The average Bonchev–Trinajstić information content (AvgIpc) is 2.28. The van der Waals surface area contributed by atoms with Crippen LogP contribution in [0.5, 0.6) is 5.75 Å². The number of anilines is 1. The number of ether oxygens (including phenoxy) is 1. The Bertz CT molecular complexity index is 376. The predicted octanol–water partition coefficient (Wildman–Crippen LogP) is 2.14. The van der Waals surface area contributed by atoms with Crippen LogP contribution in [0.25, 0.3) is 0 Å². The highest BCUT2D eigenvalue weighted by Crippen LogP contribution is 2.37. The van der Waals surface area contributed by atoms with Crippen LogP contribution in [0.4, 0.5) is 5.69 Å². The lowest BCUT2D eigenvalue weighted by Gasteiger charge is -2.36. The molecule has 1 heterocycles. The molecule has 3 heteroatoms. The Kier molecular flexibility index (Phi) is 3.06. The Morgan fingerprint density at radius 3 is 2.75 bits per heavy atom. The summed E-state index contributed by atoms with van der Waals surface area (Å²) in [6.07, 6.45) is 1.17. The van der Waals surface area contributed by atoms with Crippen LogP contribution in [0.1, 0.15) is 18.0 Å². The maximum atomic E-state index is 5.31. The molecule has 0 saturated heterocycles. The zero-order chi connectivity index (χ0) is 11.7. The summed E-state index contributed by atoms with van der Waals surface area (Å²) in [6, 6.07) is 6.86. The highest BCUT2D eigenvalue weighted by atomic mass is 16.5. The summed E-state index contributed by atoms with van der Waals surface area (Å²) >= 11 is 0. The largest absolute Gasteiger partial charge is 0.497 e. The van der Waals surface area contributed by atoms with Gasteiger partial charge in [-0.15, -0.1) is 0 Å². The first-order chi connectivity index (χ1) is 7.63. The van der Waals surface area contributed by atoms with E-state index in [-0.39, 0.29) is 0 Å². The van der Waals surface area contributed by atoms with Gasteiger partial charge in [-0.1, -0.05) is 0 Å². The number of hydrogen-bond donors (Lipinski definition) is 0. The molecule has 0 radical (unpaired) electrons. The number of benzene rings is 1. The molecule has 1 aliphatic rings. The minimum Gasteiger partial charge on any atom is -0.497 e. The normalized spacial score (nSPS) is 19.8. The fourth-order valence-corrected chi connectivity index (χ4v) is 2.40. The van der Waals surface area contributed by atoms with Crippen molar-refractivity contribution in [1.82, 2.24) is 4.90 Å². The van der Waals surface area contributed by atoms with E-state index >= 15 is 0 Å². The number of fused-ring (bicyclic) bond motifs is 1. The maximum Gasteiger partial charge on any atom is 0.119 e. The van der Waals surface area contributed by atoms with Crippen molar-refractivity contribution in [1.29, 1.82) is 0 Å². The highest BCUT2D eigenvalue weighted by Gasteiger charge is 2.24. The smallest absolute Gasteiger partial charge is 0.119 e. The van der Waals surface area contributed by atoms with Gasteiger partial charge in [-0.3, -0.25) is 0 Å². The summed E-state index contributed by atoms with van der Waals surface area (Å²) in [5.41, 5.74) is 2.70. The number of rotatable bonds is 2. The van der Waals surface area contributed by atoms with Gasteiger partial charge >= 0.3 is 0 Å². The van der Waals surface area contributed by atoms with Crippen LogP contribution in [0, 0.1) is 0 Å². The van der Waals surface area contributed by atoms with Crippen molar-refractivity contribution in [2.45, 2.75) is 12.5 Å².